The van der Waals surface area contributed by atoms with Gasteiger partial charge in [-0.15, -0.1) is 0 Å². The van der Waals surface area contributed by atoms with E-state index in [1.807, 2.05) is 13.8 Å². The van der Waals surface area contributed by atoms with Gasteiger partial charge >= 0.3 is 5.97 Å². The highest BCUT2D eigenvalue weighted by Crippen LogP contribution is 2.27. The van der Waals surface area contributed by atoms with Crippen molar-refractivity contribution in [2.45, 2.75) is 45.0 Å². The van der Waals surface area contributed by atoms with Gasteiger partial charge in [0.05, 0.1) is 17.8 Å². The normalized spacial score (nSPS) is 27.0. The Hall–Kier alpha value is -1.07. The lowest BCUT2D eigenvalue weighted by molar-refractivity contribution is -0.0721. The van der Waals surface area contributed by atoms with Crippen LogP contribution in [0, 0.1) is 0 Å². The maximum atomic E-state index is 11.0. The zero-order chi connectivity index (χ0) is 14.0. The third-order valence-corrected chi connectivity index (χ3v) is 3.53. The minimum Gasteiger partial charge on any atom is -0.490 e. The number of halogens is 1. The molecular formula is C14H17BrO4. The van der Waals surface area contributed by atoms with Crippen LogP contribution < -0.4 is 4.74 Å². The molecule has 1 N–H and O–H groups in total. The smallest absolute Gasteiger partial charge is 0.335 e. The summed E-state index contributed by atoms with van der Waals surface area (Å²) in [6, 6.07) is 4.90. The van der Waals surface area contributed by atoms with E-state index in [0.717, 1.165) is 12.8 Å². The molecular weight excluding hydrogens is 312 g/mol. The number of hydrogen-bond acceptors (Lipinski definition) is 3. The number of aromatic carboxylic acids is 1. The lowest BCUT2D eigenvalue weighted by atomic mass is 10.0. The Morgan fingerprint density at radius 3 is 2.53 bits per heavy atom. The average Bonchev–Trinajstić information content (AvgIpc) is 2.26. The fourth-order valence-electron chi connectivity index (χ4n) is 2.39. The number of hydrogen-bond donors (Lipinski definition) is 1. The fraction of sp³-hybridized carbons (Fsp3) is 0.500. The van der Waals surface area contributed by atoms with Crippen molar-refractivity contribution < 1.29 is 19.4 Å². The van der Waals surface area contributed by atoms with Crippen LogP contribution >= 0.6 is 15.9 Å². The number of benzene rings is 1. The van der Waals surface area contributed by atoms with E-state index in [4.69, 9.17) is 14.6 Å². The Bertz CT molecular complexity index is 465. The van der Waals surface area contributed by atoms with Gasteiger partial charge in [-0.25, -0.2) is 4.79 Å². The molecule has 1 saturated heterocycles. The summed E-state index contributed by atoms with van der Waals surface area (Å²) < 4.78 is 12.3. The van der Waals surface area contributed by atoms with Gasteiger partial charge < -0.3 is 14.6 Å². The van der Waals surface area contributed by atoms with Crippen molar-refractivity contribution in [1.29, 1.82) is 0 Å². The molecule has 1 aliphatic rings. The SMILES string of the molecule is CC1CC(Oc2cc(Br)cc(C(=O)O)c2)CC(C)O1. The predicted octanol–water partition coefficient (Wildman–Crippen LogP) is 3.48. The molecule has 0 aromatic heterocycles. The molecule has 4 nitrogen and oxygen atoms in total. The van der Waals surface area contributed by atoms with E-state index >= 15 is 0 Å². The molecule has 0 amide bonds. The summed E-state index contributed by atoms with van der Waals surface area (Å²) in [7, 11) is 0. The van der Waals surface area contributed by atoms with Gasteiger partial charge in [-0.1, -0.05) is 15.9 Å². The minimum absolute atomic E-state index is 0.0645. The zero-order valence-electron chi connectivity index (χ0n) is 10.9. The maximum absolute atomic E-state index is 11.0. The number of carbonyl (C=O) groups is 1. The monoisotopic (exact) mass is 328 g/mol. The molecule has 1 aliphatic heterocycles. The van der Waals surface area contributed by atoms with Crippen LogP contribution in [-0.4, -0.2) is 29.4 Å². The first kappa shape index (κ1) is 14.3. The van der Waals surface area contributed by atoms with E-state index in [-0.39, 0.29) is 23.9 Å². The largest absolute Gasteiger partial charge is 0.490 e. The first-order valence-electron chi connectivity index (χ1n) is 6.30. The molecule has 0 spiro atoms. The summed E-state index contributed by atoms with van der Waals surface area (Å²) in [5, 5.41) is 9.03. The van der Waals surface area contributed by atoms with Crippen molar-refractivity contribution in [1.82, 2.24) is 0 Å². The van der Waals surface area contributed by atoms with Gasteiger partial charge in [0.15, 0.2) is 0 Å². The standard InChI is InChI=1S/C14H17BrO4/c1-8-3-12(4-9(2)18-8)19-13-6-10(14(16)17)5-11(15)7-13/h5-9,12H,3-4H2,1-2H3,(H,16,17). The Morgan fingerprint density at radius 2 is 1.95 bits per heavy atom. The molecule has 2 rings (SSSR count). The molecule has 19 heavy (non-hydrogen) atoms. The number of carboxylic acid groups (broad SMARTS) is 1. The Balaban J connectivity index is 2.12. The van der Waals surface area contributed by atoms with E-state index in [9.17, 15) is 4.79 Å². The van der Waals surface area contributed by atoms with Gasteiger partial charge in [-0.2, -0.15) is 0 Å². The van der Waals surface area contributed by atoms with Gasteiger partial charge in [-0.05, 0) is 32.0 Å². The topological polar surface area (TPSA) is 55.8 Å². The summed E-state index contributed by atoms with van der Waals surface area (Å²) in [6.07, 6.45) is 2.03. The van der Waals surface area contributed by atoms with Crippen LogP contribution in [-0.2, 0) is 4.74 Å². The molecule has 1 heterocycles. The van der Waals surface area contributed by atoms with E-state index in [0.29, 0.717) is 10.2 Å². The van der Waals surface area contributed by atoms with Crippen LogP contribution in [0.2, 0.25) is 0 Å². The van der Waals surface area contributed by atoms with Gasteiger partial charge in [0.25, 0.3) is 0 Å². The molecule has 5 heteroatoms. The van der Waals surface area contributed by atoms with Crippen molar-refractivity contribution in [2.75, 3.05) is 0 Å². The first-order chi connectivity index (χ1) is 8.94. The van der Waals surface area contributed by atoms with Crippen molar-refractivity contribution in [2.24, 2.45) is 0 Å². The molecule has 0 bridgehead atoms. The van der Waals surface area contributed by atoms with Crippen LogP contribution in [0.1, 0.15) is 37.0 Å². The lowest BCUT2D eigenvalue weighted by Crippen LogP contribution is -2.35. The summed E-state index contributed by atoms with van der Waals surface area (Å²) in [5.74, 6) is -0.377. The number of ether oxygens (including phenoxy) is 2. The molecule has 2 atom stereocenters. The minimum atomic E-state index is -0.958. The number of carboxylic acids is 1. The van der Waals surface area contributed by atoms with Gasteiger partial charge in [0, 0.05) is 17.3 Å². The highest BCUT2D eigenvalue weighted by molar-refractivity contribution is 9.10. The van der Waals surface area contributed by atoms with Crippen LogP contribution in [0.25, 0.3) is 0 Å². The van der Waals surface area contributed by atoms with Gasteiger partial charge in [0.2, 0.25) is 0 Å². The van der Waals surface area contributed by atoms with Crippen molar-refractivity contribution >= 4 is 21.9 Å². The van der Waals surface area contributed by atoms with Crippen LogP contribution in [0.3, 0.4) is 0 Å². The Labute approximate surface area is 120 Å². The van der Waals surface area contributed by atoms with Gasteiger partial charge in [0.1, 0.15) is 11.9 Å². The summed E-state index contributed by atoms with van der Waals surface area (Å²) >= 11 is 3.30. The van der Waals surface area contributed by atoms with Crippen LogP contribution in [0.4, 0.5) is 0 Å². The van der Waals surface area contributed by atoms with E-state index in [2.05, 4.69) is 15.9 Å². The van der Waals surface area contributed by atoms with Crippen molar-refractivity contribution in [3.63, 3.8) is 0 Å². The van der Waals surface area contributed by atoms with Crippen LogP contribution in [0.5, 0.6) is 5.75 Å². The fourth-order valence-corrected chi connectivity index (χ4v) is 2.86. The first-order valence-corrected chi connectivity index (χ1v) is 7.09. The molecule has 1 fully saturated rings. The second-order valence-corrected chi connectivity index (χ2v) is 5.87. The second kappa shape index (κ2) is 5.92. The van der Waals surface area contributed by atoms with E-state index in [1.165, 1.54) is 0 Å². The third kappa shape index (κ3) is 3.94. The summed E-state index contributed by atoms with van der Waals surface area (Å²) in [5.41, 5.74) is 0.220. The van der Waals surface area contributed by atoms with Crippen molar-refractivity contribution in [3.05, 3.63) is 28.2 Å². The highest BCUT2D eigenvalue weighted by Gasteiger charge is 2.26. The molecule has 0 saturated carbocycles. The quantitative estimate of drug-likeness (QED) is 0.922. The maximum Gasteiger partial charge on any atom is 0.335 e. The van der Waals surface area contributed by atoms with Crippen molar-refractivity contribution in [3.8, 4) is 5.75 Å². The zero-order valence-corrected chi connectivity index (χ0v) is 12.5. The van der Waals surface area contributed by atoms with E-state index in [1.54, 1.807) is 18.2 Å². The second-order valence-electron chi connectivity index (χ2n) is 4.95. The molecule has 2 unspecified atom stereocenters. The molecule has 104 valence electrons. The summed E-state index contributed by atoms with van der Waals surface area (Å²) in [6.45, 7) is 4.05. The van der Waals surface area contributed by atoms with E-state index < -0.39 is 5.97 Å². The Morgan fingerprint density at radius 1 is 1.32 bits per heavy atom. The molecule has 1 aromatic rings. The third-order valence-electron chi connectivity index (χ3n) is 3.08. The average molecular weight is 329 g/mol. The molecule has 0 radical (unpaired) electrons. The van der Waals surface area contributed by atoms with Crippen LogP contribution in [0.15, 0.2) is 22.7 Å². The summed E-state index contributed by atoms with van der Waals surface area (Å²) in [4.78, 5) is 11.0. The molecule has 0 aliphatic carbocycles. The predicted molar refractivity (Wildman–Crippen MR) is 74.8 cm³/mol. The molecule has 1 aromatic carbocycles. The Kier molecular flexibility index (Phi) is 4.47. The number of rotatable bonds is 3. The van der Waals surface area contributed by atoms with Gasteiger partial charge in [-0.3, -0.25) is 0 Å². The lowest BCUT2D eigenvalue weighted by Gasteiger charge is -2.32. The highest BCUT2D eigenvalue weighted by atomic mass is 79.9.